The van der Waals surface area contributed by atoms with Gasteiger partial charge in [0.25, 0.3) is 0 Å². The molecule has 26 heavy (non-hydrogen) atoms. The molecule has 0 unspecified atom stereocenters. The lowest BCUT2D eigenvalue weighted by Crippen LogP contribution is -2.32. The number of hydrogen-bond acceptors (Lipinski definition) is 3. The lowest BCUT2D eigenvalue weighted by atomic mass is 10.1. The van der Waals surface area contributed by atoms with E-state index in [2.05, 4.69) is 10.0 Å². The van der Waals surface area contributed by atoms with Crippen molar-refractivity contribution in [3.05, 3.63) is 65.7 Å². The SMILES string of the molecule is CC[C@H](C)NC(=O)CCc1ccc(S(=O)(=O)NCc2ccccc2)cc1. The van der Waals surface area contributed by atoms with Crippen LogP contribution in [-0.4, -0.2) is 20.4 Å². The van der Waals surface area contributed by atoms with Crippen molar-refractivity contribution in [2.45, 2.75) is 50.6 Å². The lowest BCUT2D eigenvalue weighted by Gasteiger charge is -2.11. The van der Waals surface area contributed by atoms with Gasteiger partial charge < -0.3 is 5.32 Å². The van der Waals surface area contributed by atoms with Crippen molar-refractivity contribution < 1.29 is 13.2 Å². The zero-order chi connectivity index (χ0) is 19.0. The van der Waals surface area contributed by atoms with E-state index in [1.54, 1.807) is 24.3 Å². The molecule has 0 aromatic heterocycles. The normalized spacial score (nSPS) is 12.5. The number of nitrogens with one attached hydrogen (secondary N) is 2. The molecule has 0 bridgehead atoms. The fourth-order valence-corrected chi connectivity index (χ4v) is 3.42. The molecule has 0 heterocycles. The molecule has 0 spiro atoms. The molecule has 2 rings (SSSR count). The van der Waals surface area contributed by atoms with Crippen LogP contribution in [0.15, 0.2) is 59.5 Å². The summed E-state index contributed by atoms with van der Waals surface area (Å²) in [5.41, 5.74) is 1.84. The van der Waals surface area contributed by atoms with E-state index in [1.807, 2.05) is 44.2 Å². The number of sulfonamides is 1. The highest BCUT2D eigenvalue weighted by Gasteiger charge is 2.13. The second kappa shape index (κ2) is 9.50. The molecule has 0 aliphatic rings. The van der Waals surface area contributed by atoms with Gasteiger partial charge in [0, 0.05) is 19.0 Å². The fourth-order valence-electron chi connectivity index (χ4n) is 2.40. The van der Waals surface area contributed by atoms with E-state index in [1.165, 1.54) is 0 Å². The first-order valence-corrected chi connectivity index (χ1v) is 10.3. The van der Waals surface area contributed by atoms with E-state index in [9.17, 15) is 13.2 Å². The largest absolute Gasteiger partial charge is 0.354 e. The van der Waals surface area contributed by atoms with Gasteiger partial charge in [-0.25, -0.2) is 13.1 Å². The summed E-state index contributed by atoms with van der Waals surface area (Å²) >= 11 is 0. The summed E-state index contributed by atoms with van der Waals surface area (Å²) in [7, 11) is -3.56. The van der Waals surface area contributed by atoms with Crippen LogP contribution >= 0.6 is 0 Å². The van der Waals surface area contributed by atoms with Crippen LogP contribution in [-0.2, 0) is 27.8 Å². The minimum Gasteiger partial charge on any atom is -0.354 e. The average Bonchev–Trinajstić information content (AvgIpc) is 2.66. The molecule has 1 amide bonds. The maximum atomic E-state index is 12.4. The maximum absolute atomic E-state index is 12.4. The Balaban J connectivity index is 1.90. The average molecular weight is 375 g/mol. The molecule has 5 nitrogen and oxygen atoms in total. The van der Waals surface area contributed by atoms with E-state index in [0.29, 0.717) is 12.8 Å². The van der Waals surface area contributed by atoms with E-state index in [4.69, 9.17) is 0 Å². The van der Waals surface area contributed by atoms with Gasteiger partial charge in [-0.1, -0.05) is 49.4 Å². The third kappa shape index (κ3) is 6.28. The van der Waals surface area contributed by atoms with Gasteiger partial charge in [-0.05, 0) is 43.0 Å². The number of rotatable bonds is 9. The van der Waals surface area contributed by atoms with Crippen molar-refractivity contribution in [1.29, 1.82) is 0 Å². The van der Waals surface area contributed by atoms with E-state index >= 15 is 0 Å². The number of benzene rings is 2. The van der Waals surface area contributed by atoms with Crippen molar-refractivity contribution in [2.24, 2.45) is 0 Å². The maximum Gasteiger partial charge on any atom is 0.240 e. The summed E-state index contributed by atoms with van der Waals surface area (Å²) in [6.45, 7) is 4.25. The van der Waals surface area contributed by atoms with Gasteiger partial charge in [0.15, 0.2) is 0 Å². The molecule has 0 saturated carbocycles. The van der Waals surface area contributed by atoms with Gasteiger partial charge in [0.05, 0.1) is 4.90 Å². The predicted octanol–water partition coefficient (Wildman–Crippen LogP) is 3.01. The Labute approximate surface area is 155 Å². The van der Waals surface area contributed by atoms with Crippen LogP contribution in [0.2, 0.25) is 0 Å². The Morgan fingerprint density at radius 1 is 1.00 bits per heavy atom. The van der Waals surface area contributed by atoms with Crippen LogP contribution in [0.3, 0.4) is 0 Å². The molecular weight excluding hydrogens is 348 g/mol. The highest BCUT2D eigenvalue weighted by Crippen LogP contribution is 2.13. The summed E-state index contributed by atoms with van der Waals surface area (Å²) in [6, 6.07) is 16.2. The minimum atomic E-state index is -3.56. The van der Waals surface area contributed by atoms with Gasteiger partial charge >= 0.3 is 0 Å². The van der Waals surface area contributed by atoms with E-state index in [-0.39, 0.29) is 23.4 Å². The Morgan fingerprint density at radius 3 is 2.27 bits per heavy atom. The summed E-state index contributed by atoms with van der Waals surface area (Å²) in [5, 5.41) is 2.92. The quantitative estimate of drug-likeness (QED) is 0.708. The predicted molar refractivity (Wildman–Crippen MR) is 103 cm³/mol. The Bertz CT molecular complexity index is 803. The minimum absolute atomic E-state index is 0.0144. The Kier molecular flexibility index (Phi) is 7.36. The van der Waals surface area contributed by atoms with E-state index in [0.717, 1.165) is 17.5 Å². The molecule has 0 radical (unpaired) electrons. The molecule has 0 saturated heterocycles. The number of aryl methyl sites for hydroxylation is 1. The van der Waals surface area contributed by atoms with Crippen molar-refractivity contribution in [3.63, 3.8) is 0 Å². The third-order valence-electron chi connectivity index (χ3n) is 4.20. The topological polar surface area (TPSA) is 75.3 Å². The molecule has 140 valence electrons. The monoisotopic (exact) mass is 374 g/mol. The first kappa shape index (κ1) is 20.1. The first-order valence-electron chi connectivity index (χ1n) is 8.82. The summed E-state index contributed by atoms with van der Waals surface area (Å²) in [5.74, 6) is 0.0144. The molecule has 0 aliphatic carbocycles. The number of amides is 1. The fraction of sp³-hybridized carbons (Fsp3) is 0.350. The van der Waals surface area contributed by atoms with Crippen LogP contribution in [0, 0.1) is 0 Å². The number of carbonyl (C=O) groups excluding carboxylic acids is 1. The smallest absolute Gasteiger partial charge is 0.240 e. The van der Waals surface area contributed by atoms with Crippen molar-refractivity contribution in [1.82, 2.24) is 10.0 Å². The van der Waals surface area contributed by atoms with Crippen LogP contribution in [0.5, 0.6) is 0 Å². The van der Waals surface area contributed by atoms with E-state index < -0.39 is 10.0 Å². The van der Waals surface area contributed by atoms with Crippen molar-refractivity contribution in [3.8, 4) is 0 Å². The van der Waals surface area contributed by atoms with Crippen LogP contribution in [0.1, 0.15) is 37.8 Å². The Hall–Kier alpha value is -2.18. The summed E-state index contributed by atoms with van der Waals surface area (Å²) in [4.78, 5) is 12.0. The number of carbonyl (C=O) groups is 1. The second-order valence-corrected chi connectivity index (χ2v) is 8.10. The molecule has 2 aromatic carbocycles. The molecule has 2 N–H and O–H groups in total. The van der Waals surface area contributed by atoms with Gasteiger partial charge in [0.1, 0.15) is 0 Å². The number of hydrogen-bond donors (Lipinski definition) is 2. The standard InChI is InChI=1S/C20H26N2O3S/c1-3-16(2)22-20(23)14-11-17-9-12-19(13-10-17)26(24,25)21-15-18-7-5-4-6-8-18/h4-10,12-13,16,21H,3,11,14-15H2,1-2H3,(H,22,23)/t16-/m0/s1. The zero-order valence-electron chi connectivity index (χ0n) is 15.2. The molecular formula is C20H26N2O3S. The van der Waals surface area contributed by atoms with Crippen LogP contribution in [0.25, 0.3) is 0 Å². The zero-order valence-corrected chi connectivity index (χ0v) is 16.1. The van der Waals surface area contributed by atoms with Crippen LogP contribution < -0.4 is 10.0 Å². The van der Waals surface area contributed by atoms with Gasteiger partial charge in [-0.3, -0.25) is 4.79 Å². The van der Waals surface area contributed by atoms with Crippen molar-refractivity contribution >= 4 is 15.9 Å². The third-order valence-corrected chi connectivity index (χ3v) is 5.62. The van der Waals surface area contributed by atoms with Crippen LogP contribution in [0.4, 0.5) is 0 Å². The molecule has 1 atom stereocenters. The second-order valence-electron chi connectivity index (χ2n) is 6.33. The molecule has 2 aromatic rings. The summed E-state index contributed by atoms with van der Waals surface area (Å²) < 4.78 is 27.3. The first-order chi connectivity index (χ1) is 12.4. The highest BCUT2D eigenvalue weighted by atomic mass is 32.2. The van der Waals surface area contributed by atoms with Gasteiger partial charge in [-0.2, -0.15) is 0 Å². The van der Waals surface area contributed by atoms with Crippen molar-refractivity contribution in [2.75, 3.05) is 0 Å². The van der Waals surface area contributed by atoms with Gasteiger partial charge in [0.2, 0.25) is 15.9 Å². The Morgan fingerprint density at radius 2 is 1.65 bits per heavy atom. The summed E-state index contributed by atoms with van der Waals surface area (Å²) in [6.07, 6.45) is 1.87. The molecule has 0 aliphatic heterocycles. The highest BCUT2D eigenvalue weighted by molar-refractivity contribution is 7.89. The molecule has 6 heteroatoms. The van der Waals surface area contributed by atoms with Gasteiger partial charge in [-0.15, -0.1) is 0 Å². The molecule has 0 fully saturated rings. The lowest BCUT2D eigenvalue weighted by molar-refractivity contribution is -0.121.